The Morgan fingerprint density at radius 2 is 1.91 bits per heavy atom. The van der Waals surface area contributed by atoms with Gasteiger partial charge < -0.3 is 9.80 Å². The molecule has 5 nitrogen and oxygen atoms in total. The van der Waals surface area contributed by atoms with Crippen molar-refractivity contribution < 1.29 is 4.79 Å². The smallest absolute Gasteiger partial charge is 0.233 e. The fourth-order valence-electron chi connectivity index (χ4n) is 2.42. The van der Waals surface area contributed by atoms with Crippen molar-refractivity contribution in [2.24, 2.45) is 0 Å². The predicted molar refractivity (Wildman–Crippen MR) is 95.6 cm³/mol. The second-order valence-corrected chi connectivity index (χ2v) is 8.06. The molecule has 0 atom stereocenters. The van der Waals surface area contributed by atoms with Gasteiger partial charge in [0.2, 0.25) is 5.91 Å². The van der Waals surface area contributed by atoms with Crippen molar-refractivity contribution in [3.63, 3.8) is 0 Å². The van der Waals surface area contributed by atoms with Crippen LogP contribution in [0.4, 0.5) is 5.69 Å². The normalized spacial score (nSPS) is 15.0. The number of carbonyl (C=O) groups is 1. The Labute approximate surface area is 148 Å². The number of aromatic nitrogens is 2. The number of piperazine rings is 1. The lowest BCUT2D eigenvalue weighted by atomic mass is 10.2. The van der Waals surface area contributed by atoms with Gasteiger partial charge in [-0.2, -0.15) is 0 Å². The van der Waals surface area contributed by atoms with Gasteiger partial charge in [-0.15, -0.1) is 10.2 Å². The van der Waals surface area contributed by atoms with Crippen LogP contribution >= 0.6 is 34.7 Å². The lowest BCUT2D eigenvalue weighted by Crippen LogP contribution is -2.49. The van der Waals surface area contributed by atoms with Crippen LogP contribution in [-0.2, 0) is 4.79 Å². The molecule has 23 heavy (non-hydrogen) atoms. The van der Waals surface area contributed by atoms with Crippen LogP contribution in [-0.4, -0.2) is 52.9 Å². The lowest BCUT2D eigenvalue weighted by molar-refractivity contribution is -0.128. The molecule has 0 unspecified atom stereocenters. The third kappa shape index (κ3) is 4.37. The summed E-state index contributed by atoms with van der Waals surface area (Å²) >= 11 is 8.91. The van der Waals surface area contributed by atoms with Crippen molar-refractivity contribution >= 4 is 46.3 Å². The number of benzene rings is 1. The molecule has 8 heteroatoms. The fourth-order valence-corrected chi connectivity index (χ4v) is 4.26. The number of rotatable bonds is 4. The quantitative estimate of drug-likeness (QED) is 0.776. The molecule has 0 bridgehead atoms. The fraction of sp³-hybridized carbons (Fsp3) is 0.400. The summed E-state index contributed by atoms with van der Waals surface area (Å²) in [4.78, 5) is 16.5. The van der Waals surface area contributed by atoms with E-state index in [1.165, 1.54) is 23.1 Å². The van der Waals surface area contributed by atoms with Crippen molar-refractivity contribution in [2.45, 2.75) is 11.3 Å². The van der Waals surface area contributed by atoms with Gasteiger partial charge in [0.05, 0.1) is 5.75 Å². The first-order valence-electron chi connectivity index (χ1n) is 7.33. The van der Waals surface area contributed by atoms with Crippen LogP contribution in [0.3, 0.4) is 0 Å². The molecule has 1 aliphatic heterocycles. The summed E-state index contributed by atoms with van der Waals surface area (Å²) in [5.41, 5.74) is 1.15. The zero-order valence-corrected chi connectivity index (χ0v) is 15.1. The number of aryl methyl sites for hydroxylation is 1. The zero-order chi connectivity index (χ0) is 16.2. The van der Waals surface area contributed by atoms with E-state index in [4.69, 9.17) is 11.6 Å². The second kappa shape index (κ2) is 7.51. The van der Waals surface area contributed by atoms with E-state index in [1.54, 1.807) is 0 Å². The van der Waals surface area contributed by atoms with Gasteiger partial charge in [-0.1, -0.05) is 34.7 Å². The number of hydrogen-bond acceptors (Lipinski definition) is 6. The lowest BCUT2D eigenvalue weighted by Gasteiger charge is -2.36. The summed E-state index contributed by atoms with van der Waals surface area (Å²) in [6, 6.07) is 7.84. The van der Waals surface area contributed by atoms with E-state index in [-0.39, 0.29) is 5.91 Å². The SMILES string of the molecule is Cc1nnc(SCC(=O)N2CCN(c3ccc(Cl)cc3)CC2)s1. The average Bonchev–Trinajstić information content (AvgIpc) is 2.99. The highest BCUT2D eigenvalue weighted by molar-refractivity contribution is 8.01. The van der Waals surface area contributed by atoms with Gasteiger partial charge in [-0.3, -0.25) is 4.79 Å². The number of halogens is 1. The maximum Gasteiger partial charge on any atom is 0.233 e. The van der Waals surface area contributed by atoms with Gasteiger partial charge in [0.15, 0.2) is 4.34 Å². The molecule has 0 N–H and O–H groups in total. The molecule has 0 aliphatic carbocycles. The van der Waals surface area contributed by atoms with Crippen LogP contribution in [0.2, 0.25) is 5.02 Å². The molecule has 0 saturated carbocycles. The van der Waals surface area contributed by atoms with E-state index in [1.807, 2.05) is 36.1 Å². The highest BCUT2D eigenvalue weighted by atomic mass is 35.5. The molecule has 1 aromatic carbocycles. The van der Waals surface area contributed by atoms with Gasteiger partial charge in [0.25, 0.3) is 0 Å². The Bertz CT molecular complexity index is 668. The Hall–Kier alpha value is -1.31. The van der Waals surface area contributed by atoms with Crippen molar-refractivity contribution in [1.29, 1.82) is 0 Å². The van der Waals surface area contributed by atoms with Crippen molar-refractivity contribution in [3.8, 4) is 0 Å². The highest BCUT2D eigenvalue weighted by Crippen LogP contribution is 2.23. The summed E-state index contributed by atoms with van der Waals surface area (Å²) in [6.45, 7) is 5.10. The molecule has 1 aromatic heterocycles. The molecule has 1 fully saturated rings. The van der Waals surface area contributed by atoms with Crippen LogP contribution in [0, 0.1) is 6.92 Å². The Balaban J connectivity index is 1.48. The molecule has 1 saturated heterocycles. The van der Waals surface area contributed by atoms with Gasteiger partial charge in [0, 0.05) is 36.9 Å². The first kappa shape index (κ1) is 16.5. The molecule has 2 heterocycles. The third-order valence-corrected chi connectivity index (χ3v) is 5.86. The molecular weight excluding hydrogens is 352 g/mol. The Kier molecular flexibility index (Phi) is 5.40. The van der Waals surface area contributed by atoms with Gasteiger partial charge in [0.1, 0.15) is 5.01 Å². The number of anilines is 1. The maximum absolute atomic E-state index is 12.3. The van der Waals surface area contributed by atoms with Crippen molar-refractivity contribution in [2.75, 3.05) is 36.8 Å². The average molecular weight is 369 g/mol. The number of amides is 1. The maximum atomic E-state index is 12.3. The number of thioether (sulfide) groups is 1. The summed E-state index contributed by atoms with van der Waals surface area (Å²) in [5, 5.41) is 9.67. The summed E-state index contributed by atoms with van der Waals surface area (Å²) < 4.78 is 0.857. The van der Waals surface area contributed by atoms with Gasteiger partial charge in [-0.05, 0) is 31.2 Å². The summed E-state index contributed by atoms with van der Waals surface area (Å²) in [7, 11) is 0. The highest BCUT2D eigenvalue weighted by Gasteiger charge is 2.21. The number of hydrogen-bond donors (Lipinski definition) is 0. The van der Waals surface area contributed by atoms with Crippen LogP contribution < -0.4 is 4.90 Å². The molecule has 2 aromatic rings. The number of nitrogens with zero attached hydrogens (tertiary/aromatic N) is 4. The zero-order valence-electron chi connectivity index (χ0n) is 12.7. The monoisotopic (exact) mass is 368 g/mol. The van der Waals surface area contributed by atoms with Crippen LogP contribution in [0.5, 0.6) is 0 Å². The largest absolute Gasteiger partial charge is 0.368 e. The first-order valence-corrected chi connectivity index (χ1v) is 9.51. The van der Waals surface area contributed by atoms with E-state index < -0.39 is 0 Å². The van der Waals surface area contributed by atoms with E-state index in [0.29, 0.717) is 5.75 Å². The minimum absolute atomic E-state index is 0.165. The Morgan fingerprint density at radius 3 is 2.52 bits per heavy atom. The van der Waals surface area contributed by atoms with Crippen LogP contribution in [0.15, 0.2) is 28.6 Å². The first-order chi connectivity index (χ1) is 11.1. The van der Waals surface area contributed by atoms with Crippen molar-refractivity contribution in [3.05, 3.63) is 34.3 Å². The molecule has 1 aliphatic rings. The van der Waals surface area contributed by atoms with E-state index in [2.05, 4.69) is 15.1 Å². The topological polar surface area (TPSA) is 49.3 Å². The molecule has 1 amide bonds. The molecule has 0 spiro atoms. The predicted octanol–water partition coefficient (Wildman–Crippen LogP) is 2.94. The Morgan fingerprint density at radius 1 is 1.22 bits per heavy atom. The number of carbonyl (C=O) groups excluding carboxylic acids is 1. The third-order valence-electron chi connectivity index (χ3n) is 3.65. The van der Waals surface area contributed by atoms with E-state index in [9.17, 15) is 4.79 Å². The molecule has 122 valence electrons. The molecular formula is C15H17ClN4OS2. The van der Waals surface area contributed by atoms with E-state index >= 15 is 0 Å². The van der Waals surface area contributed by atoms with Gasteiger partial charge in [-0.25, -0.2) is 0 Å². The summed E-state index contributed by atoms with van der Waals surface area (Å²) in [6.07, 6.45) is 0. The van der Waals surface area contributed by atoms with Crippen molar-refractivity contribution in [1.82, 2.24) is 15.1 Å². The summed E-state index contributed by atoms with van der Waals surface area (Å²) in [5.74, 6) is 0.592. The second-order valence-electron chi connectivity index (χ2n) is 5.22. The minimum atomic E-state index is 0.165. The van der Waals surface area contributed by atoms with Crippen LogP contribution in [0.1, 0.15) is 5.01 Å². The molecule has 3 rings (SSSR count). The molecule has 0 radical (unpaired) electrons. The standard InChI is InChI=1S/C15H17ClN4OS2/c1-11-17-18-15(23-11)22-10-14(21)20-8-6-19(7-9-20)13-4-2-12(16)3-5-13/h2-5H,6-10H2,1H3. The van der Waals surface area contributed by atoms with Crippen LogP contribution in [0.25, 0.3) is 0 Å². The van der Waals surface area contributed by atoms with Gasteiger partial charge >= 0.3 is 0 Å². The van der Waals surface area contributed by atoms with E-state index in [0.717, 1.165) is 46.2 Å². The minimum Gasteiger partial charge on any atom is -0.368 e.